The molecule has 0 amide bonds. The van der Waals surface area contributed by atoms with Crippen molar-refractivity contribution in [2.45, 2.75) is 20.0 Å². The second-order valence-corrected chi connectivity index (χ2v) is 4.41. The maximum atomic E-state index is 11.0. The third kappa shape index (κ3) is 4.72. The molecule has 1 aromatic rings. The average Bonchev–Trinajstić information content (AvgIpc) is 2.38. The molecule has 0 bridgehead atoms. The van der Waals surface area contributed by atoms with Gasteiger partial charge in [0.25, 0.3) is 0 Å². The van der Waals surface area contributed by atoms with Crippen molar-refractivity contribution in [2.24, 2.45) is 11.8 Å². The standard InChI is InChI=1S/C15H20O3/c1-3-7-14(12(2)15(16)17)11-18-10-13-8-5-4-6-9-13/h3-6,8-9,12,14H,1,7,10-11H2,2H3,(H,16,17)/t12-,14-/m1/s1. The summed E-state index contributed by atoms with van der Waals surface area (Å²) in [6.45, 7) is 6.32. The molecule has 0 aliphatic rings. The Morgan fingerprint density at radius 2 is 2.11 bits per heavy atom. The van der Waals surface area contributed by atoms with Crippen molar-refractivity contribution in [2.75, 3.05) is 6.61 Å². The second-order valence-electron chi connectivity index (χ2n) is 4.41. The highest BCUT2D eigenvalue weighted by Crippen LogP contribution is 2.17. The molecule has 0 spiro atoms. The molecule has 0 unspecified atom stereocenters. The molecular weight excluding hydrogens is 228 g/mol. The van der Waals surface area contributed by atoms with Crippen molar-refractivity contribution in [1.82, 2.24) is 0 Å². The predicted octanol–water partition coefficient (Wildman–Crippen LogP) is 3.12. The van der Waals surface area contributed by atoms with Gasteiger partial charge in [-0.15, -0.1) is 6.58 Å². The van der Waals surface area contributed by atoms with Gasteiger partial charge in [-0.2, -0.15) is 0 Å². The smallest absolute Gasteiger partial charge is 0.306 e. The molecule has 0 aliphatic heterocycles. The molecule has 98 valence electrons. The van der Waals surface area contributed by atoms with Gasteiger partial charge in [0.1, 0.15) is 0 Å². The first kappa shape index (κ1) is 14.5. The quantitative estimate of drug-likeness (QED) is 0.719. The summed E-state index contributed by atoms with van der Waals surface area (Å²) >= 11 is 0. The molecular formula is C15H20O3. The largest absolute Gasteiger partial charge is 0.481 e. The molecule has 0 saturated heterocycles. The summed E-state index contributed by atoms with van der Waals surface area (Å²) in [6, 6.07) is 9.85. The van der Waals surface area contributed by atoms with E-state index in [-0.39, 0.29) is 5.92 Å². The third-order valence-electron chi connectivity index (χ3n) is 3.01. The first-order chi connectivity index (χ1) is 8.65. The van der Waals surface area contributed by atoms with Crippen LogP contribution in [0.5, 0.6) is 0 Å². The zero-order valence-corrected chi connectivity index (χ0v) is 10.7. The molecule has 0 saturated carbocycles. The number of rotatable bonds is 8. The lowest BCUT2D eigenvalue weighted by atomic mass is 9.92. The van der Waals surface area contributed by atoms with Crippen LogP contribution in [0.2, 0.25) is 0 Å². The van der Waals surface area contributed by atoms with Crippen LogP contribution in [0.1, 0.15) is 18.9 Å². The summed E-state index contributed by atoms with van der Waals surface area (Å²) in [5, 5.41) is 9.01. The van der Waals surface area contributed by atoms with Gasteiger partial charge in [-0.1, -0.05) is 43.3 Å². The molecule has 0 aromatic heterocycles. The van der Waals surface area contributed by atoms with Crippen LogP contribution in [0.4, 0.5) is 0 Å². The number of hydrogen-bond acceptors (Lipinski definition) is 2. The van der Waals surface area contributed by atoms with Crippen LogP contribution in [-0.4, -0.2) is 17.7 Å². The Bertz CT molecular complexity index is 373. The van der Waals surface area contributed by atoms with Crippen LogP contribution in [0.3, 0.4) is 0 Å². The predicted molar refractivity (Wildman–Crippen MR) is 71.2 cm³/mol. The van der Waals surface area contributed by atoms with Crippen LogP contribution in [0, 0.1) is 11.8 Å². The molecule has 1 aromatic carbocycles. The molecule has 18 heavy (non-hydrogen) atoms. The summed E-state index contributed by atoms with van der Waals surface area (Å²) in [7, 11) is 0. The van der Waals surface area contributed by atoms with Crippen molar-refractivity contribution < 1.29 is 14.6 Å². The Labute approximate surface area is 108 Å². The van der Waals surface area contributed by atoms with Gasteiger partial charge in [0, 0.05) is 0 Å². The number of hydrogen-bond donors (Lipinski definition) is 1. The average molecular weight is 248 g/mol. The highest BCUT2D eigenvalue weighted by atomic mass is 16.5. The van der Waals surface area contributed by atoms with E-state index in [1.165, 1.54) is 0 Å². The number of ether oxygens (including phenoxy) is 1. The normalized spacial score (nSPS) is 13.8. The Balaban J connectivity index is 2.42. The van der Waals surface area contributed by atoms with Crippen molar-refractivity contribution in [3.05, 3.63) is 48.6 Å². The SMILES string of the molecule is C=CC[C@H](COCc1ccccc1)[C@@H](C)C(=O)O. The van der Waals surface area contributed by atoms with E-state index in [4.69, 9.17) is 9.84 Å². The maximum absolute atomic E-state index is 11.0. The summed E-state index contributed by atoms with van der Waals surface area (Å²) < 4.78 is 5.59. The second kappa shape index (κ2) is 7.67. The lowest BCUT2D eigenvalue weighted by molar-refractivity contribution is -0.143. The van der Waals surface area contributed by atoms with Gasteiger partial charge in [-0.05, 0) is 17.9 Å². The number of allylic oxidation sites excluding steroid dienone is 1. The molecule has 0 aliphatic carbocycles. The fourth-order valence-electron chi connectivity index (χ4n) is 1.73. The number of carbonyl (C=O) groups is 1. The molecule has 1 N–H and O–H groups in total. The minimum absolute atomic E-state index is 0.0243. The molecule has 3 nitrogen and oxygen atoms in total. The summed E-state index contributed by atoms with van der Waals surface area (Å²) in [5.74, 6) is -1.23. The van der Waals surface area contributed by atoms with Crippen LogP contribution in [0.25, 0.3) is 0 Å². The van der Waals surface area contributed by atoms with Crippen molar-refractivity contribution in [3.63, 3.8) is 0 Å². The lowest BCUT2D eigenvalue weighted by Gasteiger charge is -2.19. The van der Waals surface area contributed by atoms with E-state index in [1.54, 1.807) is 13.0 Å². The van der Waals surface area contributed by atoms with Crippen molar-refractivity contribution in [3.8, 4) is 0 Å². The summed E-state index contributed by atoms with van der Waals surface area (Å²) in [6.07, 6.45) is 2.40. The third-order valence-corrected chi connectivity index (χ3v) is 3.01. The van der Waals surface area contributed by atoms with E-state index in [9.17, 15) is 4.79 Å². The van der Waals surface area contributed by atoms with E-state index in [2.05, 4.69) is 6.58 Å². The number of benzene rings is 1. The fraction of sp³-hybridized carbons (Fsp3) is 0.400. The van der Waals surface area contributed by atoms with Gasteiger partial charge in [-0.25, -0.2) is 0 Å². The topological polar surface area (TPSA) is 46.5 Å². The number of carboxylic acid groups (broad SMARTS) is 1. The fourth-order valence-corrected chi connectivity index (χ4v) is 1.73. The maximum Gasteiger partial charge on any atom is 0.306 e. The summed E-state index contributed by atoms with van der Waals surface area (Å²) in [4.78, 5) is 11.0. The molecule has 1 rings (SSSR count). The highest BCUT2D eigenvalue weighted by Gasteiger charge is 2.22. The molecule has 0 fully saturated rings. The van der Waals surface area contributed by atoms with Crippen molar-refractivity contribution >= 4 is 5.97 Å². The zero-order chi connectivity index (χ0) is 13.4. The Hall–Kier alpha value is -1.61. The van der Waals surface area contributed by atoms with Gasteiger partial charge in [0.2, 0.25) is 0 Å². The molecule has 0 radical (unpaired) electrons. The first-order valence-corrected chi connectivity index (χ1v) is 6.10. The van der Waals surface area contributed by atoms with Gasteiger partial charge < -0.3 is 9.84 Å². The van der Waals surface area contributed by atoms with E-state index >= 15 is 0 Å². The summed E-state index contributed by atoms with van der Waals surface area (Å²) in [5.41, 5.74) is 1.10. The van der Waals surface area contributed by atoms with E-state index in [0.29, 0.717) is 19.6 Å². The van der Waals surface area contributed by atoms with E-state index in [0.717, 1.165) is 5.56 Å². The Morgan fingerprint density at radius 1 is 1.44 bits per heavy atom. The van der Waals surface area contributed by atoms with Crippen LogP contribution >= 0.6 is 0 Å². The van der Waals surface area contributed by atoms with Crippen molar-refractivity contribution in [1.29, 1.82) is 0 Å². The highest BCUT2D eigenvalue weighted by molar-refractivity contribution is 5.69. The van der Waals surface area contributed by atoms with Crippen LogP contribution < -0.4 is 0 Å². The first-order valence-electron chi connectivity index (χ1n) is 6.10. The zero-order valence-electron chi connectivity index (χ0n) is 10.7. The minimum Gasteiger partial charge on any atom is -0.481 e. The Morgan fingerprint density at radius 3 is 2.67 bits per heavy atom. The van der Waals surface area contributed by atoms with Crippen LogP contribution in [-0.2, 0) is 16.1 Å². The molecule has 3 heteroatoms. The van der Waals surface area contributed by atoms with Gasteiger partial charge in [-0.3, -0.25) is 4.79 Å². The molecule has 2 atom stereocenters. The van der Waals surface area contributed by atoms with Gasteiger partial charge in [0.05, 0.1) is 19.1 Å². The number of carboxylic acids is 1. The van der Waals surface area contributed by atoms with Crippen LogP contribution in [0.15, 0.2) is 43.0 Å². The minimum atomic E-state index is -0.787. The number of aliphatic carboxylic acids is 1. The lowest BCUT2D eigenvalue weighted by Crippen LogP contribution is -2.24. The van der Waals surface area contributed by atoms with E-state index in [1.807, 2.05) is 30.3 Å². The molecule has 0 heterocycles. The van der Waals surface area contributed by atoms with E-state index < -0.39 is 11.9 Å². The monoisotopic (exact) mass is 248 g/mol. The van der Waals surface area contributed by atoms with Gasteiger partial charge in [0.15, 0.2) is 0 Å². The van der Waals surface area contributed by atoms with Gasteiger partial charge >= 0.3 is 5.97 Å². The Kier molecular flexibility index (Phi) is 6.15.